The number of hydrogen-bond donors (Lipinski definition) is 0. The average molecular weight is 208 g/mol. The van der Waals surface area contributed by atoms with Crippen molar-refractivity contribution in [1.82, 2.24) is 0 Å². The van der Waals surface area contributed by atoms with Crippen molar-refractivity contribution in [2.45, 2.75) is 54.4 Å². The van der Waals surface area contributed by atoms with E-state index in [4.69, 9.17) is 0 Å². The lowest BCUT2D eigenvalue weighted by atomic mass is 9.98. The van der Waals surface area contributed by atoms with Crippen LogP contribution in [0.4, 0.5) is 0 Å². The van der Waals surface area contributed by atoms with Gasteiger partial charge < -0.3 is 0 Å². The summed E-state index contributed by atoms with van der Waals surface area (Å²) in [5, 5.41) is 0. The van der Waals surface area contributed by atoms with E-state index in [1.807, 2.05) is 0 Å². The van der Waals surface area contributed by atoms with E-state index in [2.05, 4.69) is 41.5 Å². The molecule has 0 heterocycles. The van der Waals surface area contributed by atoms with Gasteiger partial charge in [-0.3, -0.25) is 0 Å². The van der Waals surface area contributed by atoms with E-state index < -0.39 is 0 Å². The molecule has 2 rings (SSSR count). The molecule has 6 atom stereocenters. The van der Waals surface area contributed by atoms with Crippen LogP contribution >= 0.6 is 0 Å². The van der Waals surface area contributed by atoms with E-state index in [-0.39, 0.29) is 0 Å². The van der Waals surface area contributed by atoms with Gasteiger partial charge in [-0.05, 0) is 47.3 Å². The fourth-order valence-electron chi connectivity index (χ4n) is 4.26. The van der Waals surface area contributed by atoms with Gasteiger partial charge in [-0.1, -0.05) is 48.0 Å². The predicted molar refractivity (Wildman–Crippen MR) is 66.7 cm³/mol. The monoisotopic (exact) mass is 208 g/mol. The number of rotatable bonds is 4. The molecular weight excluding hydrogens is 180 g/mol. The normalized spacial score (nSPS) is 53.4. The molecule has 0 aromatic heterocycles. The molecule has 0 N–H and O–H groups in total. The summed E-state index contributed by atoms with van der Waals surface area (Å²) in [4.78, 5) is 0. The molecule has 15 heavy (non-hydrogen) atoms. The van der Waals surface area contributed by atoms with Crippen molar-refractivity contribution in [3.8, 4) is 0 Å². The SMILES string of the molecule is CCC1(C)C(C)C1C1C(C)C1CC(C)C. The Morgan fingerprint density at radius 2 is 1.80 bits per heavy atom. The Balaban J connectivity index is 1.93. The van der Waals surface area contributed by atoms with Gasteiger partial charge >= 0.3 is 0 Å². The van der Waals surface area contributed by atoms with E-state index >= 15 is 0 Å². The molecule has 0 aliphatic heterocycles. The molecule has 0 heteroatoms. The summed E-state index contributed by atoms with van der Waals surface area (Å²) in [6.45, 7) is 14.6. The molecule has 0 aromatic carbocycles. The molecule has 0 bridgehead atoms. The highest BCUT2D eigenvalue weighted by molar-refractivity contribution is 5.15. The topological polar surface area (TPSA) is 0 Å². The molecule has 0 aromatic rings. The van der Waals surface area contributed by atoms with E-state index in [9.17, 15) is 0 Å². The molecular formula is C15H28. The van der Waals surface area contributed by atoms with Crippen LogP contribution in [0.25, 0.3) is 0 Å². The standard InChI is InChI=1S/C15H28/c1-7-15(6)11(5)14(15)13-10(4)12(13)8-9(2)3/h9-14H,7-8H2,1-6H3. The molecule has 0 spiro atoms. The second-order valence-corrected chi connectivity index (χ2v) is 6.90. The van der Waals surface area contributed by atoms with Crippen LogP contribution in [0.2, 0.25) is 0 Å². The predicted octanol–water partition coefficient (Wildman–Crippen LogP) is 4.60. The summed E-state index contributed by atoms with van der Waals surface area (Å²) in [5.74, 6) is 6.10. The molecule has 2 aliphatic carbocycles. The van der Waals surface area contributed by atoms with Crippen LogP contribution in [0.5, 0.6) is 0 Å². The van der Waals surface area contributed by atoms with Gasteiger partial charge in [0.2, 0.25) is 0 Å². The minimum Gasteiger partial charge on any atom is -0.0648 e. The Morgan fingerprint density at radius 3 is 2.20 bits per heavy atom. The van der Waals surface area contributed by atoms with Crippen LogP contribution in [0.3, 0.4) is 0 Å². The Labute approximate surface area is 95.8 Å². The third kappa shape index (κ3) is 1.65. The molecule has 88 valence electrons. The van der Waals surface area contributed by atoms with Gasteiger partial charge in [0, 0.05) is 0 Å². The van der Waals surface area contributed by atoms with Crippen molar-refractivity contribution < 1.29 is 0 Å². The zero-order chi connectivity index (χ0) is 11.4. The average Bonchev–Trinajstić information content (AvgIpc) is 2.93. The van der Waals surface area contributed by atoms with Crippen LogP contribution < -0.4 is 0 Å². The highest BCUT2D eigenvalue weighted by Crippen LogP contribution is 2.72. The highest BCUT2D eigenvalue weighted by atomic mass is 14.7. The van der Waals surface area contributed by atoms with Gasteiger partial charge in [-0.25, -0.2) is 0 Å². The van der Waals surface area contributed by atoms with Crippen LogP contribution in [-0.2, 0) is 0 Å². The van der Waals surface area contributed by atoms with E-state index in [1.165, 1.54) is 12.8 Å². The third-order valence-corrected chi connectivity index (χ3v) is 5.79. The fraction of sp³-hybridized carbons (Fsp3) is 1.00. The molecule has 2 aliphatic rings. The summed E-state index contributed by atoms with van der Waals surface area (Å²) in [6, 6.07) is 0. The zero-order valence-corrected chi connectivity index (χ0v) is 11.4. The Bertz CT molecular complexity index is 242. The Morgan fingerprint density at radius 1 is 1.20 bits per heavy atom. The van der Waals surface area contributed by atoms with Crippen molar-refractivity contribution in [1.29, 1.82) is 0 Å². The summed E-state index contributed by atoms with van der Waals surface area (Å²) >= 11 is 0. The van der Waals surface area contributed by atoms with Crippen LogP contribution in [0.1, 0.15) is 54.4 Å². The van der Waals surface area contributed by atoms with E-state index in [0.29, 0.717) is 5.41 Å². The smallest absolute Gasteiger partial charge is 0.0266 e. The quantitative estimate of drug-likeness (QED) is 0.633. The largest absolute Gasteiger partial charge is 0.0648 e. The minimum atomic E-state index is 0.699. The Kier molecular flexibility index (Phi) is 2.68. The first-order valence-corrected chi connectivity index (χ1v) is 6.93. The van der Waals surface area contributed by atoms with Gasteiger partial charge in [-0.2, -0.15) is 0 Å². The van der Waals surface area contributed by atoms with Crippen LogP contribution in [-0.4, -0.2) is 0 Å². The first-order valence-electron chi connectivity index (χ1n) is 6.93. The second-order valence-electron chi connectivity index (χ2n) is 6.90. The van der Waals surface area contributed by atoms with E-state index in [1.54, 1.807) is 0 Å². The van der Waals surface area contributed by atoms with Crippen molar-refractivity contribution >= 4 is 0 Å². The van der Waals surface area contributed by atoms with Crippen molar-refractivity contribution in [3.05, 3.63) is 0 Å². The van der Waals surface area contributed by atoms with Crippen molar-refractivity contribution in [2.24, 2.45) is 40.9 Å². The molecule has 0 nitrogen and oxygen atoms in total. The lowest BCUT2D eigenvalue weighted by Gasteiger charge is -2.07. The van der Waals surface area contributed by atoms with Crippen LogP contribution in [0.15, 0.2) is 0 Å². The molecule has 0 saturated heterocycles. The van der Waals surface area contributed by atoms with Crippen LogP contribution in [0, 0.1) is 40.9 Å². The van der Waals surface area contributed by atoms with Gasteiger partial charge in [-0.15, -0.1) is 0 Å². The molecule has 6 unspecified atom stereocenters. The number of hydrogen-bond acceptors (Lipinski definition) is 0. The third-order valence-electron chi connectivity index (χ3n) is 5.79. The highest BCUT2D eigenvalue weighted by Gasteiger charge is 2.67. The first kappa shape index (κ1) is 11.5. The maximum atomic E-state index is 2.51. The fourth-order valence-corrected chi connectivity index (χ4v) is 4.26. The molecule has 0 radical (unpaired) electrons. The Hall–Kier alpha value is 0. The summed E-state index contributed by atoms with van der Waals surface area (Å²) in [7, 11) is 0. The minimum absolute atomic E-state index is 0.699. The van der Waals surface area contributed by atoms with Gasteiger partial charge in [0.25, 0.3) is 0 Å². The lowest BCUT2D eigenvalue weighted by molar-refractivity contribution is 0.419. The van der Waals surface area contributed by atoms with E-state index in [0.717, 1.165) is 35.5 Å². The van der Waals surface area contributed by atoms with Gasteiger partial charge in [0.15, 0.2) is 0 Å². The summed E-state index contributed by atoms with van der Waals surface area (Å²) < 4.78 is 0. The zero-order valence-electron chi connectivity index (χ0n) is 11.4. The maximum Gasteiger partial charge on any atom is -0.0266 e. The molecule has 0 amide bonds. The van der Waals surface area contributed by atoms with Gasteiger partial charge in [0.05, 0.1) is 0 Å². The molecule has 2 saturated carbocycles. The second kappa shape index (κ2) is 3.50. The van der Waals surface area contributed by atoms with Gasteiger partial charge in [0.1, 0.15) is 0 Å². The maximum absolute atomic E-state index is 2.51. The van der Waals surface area contributed by atoms with Crippen molar-refractivity contribution in [3.63, 3.8) is 0 Å². The summed E-state index contributed by atoms with van der Waals surface area (Å²) in [5.41, 5.74) is 0.699. The summed E-state index contributed by atoms with van der Waals surface area (Å²) in [6.07, 6.45) is 2.85. The first-order chi connectivity index (χ1) is 6.93. The van der Waals surface area contributed by atoms with Crippen molar-refractivity contribution in [2.75, 3.05) is 0 Å². The molecule has 2 fully saturated rings. The lowest BCUT2D eigenvalue weighted by Crippen LogP contribution is -1.99.